The predicted molar refractivity (Wildman–Crippen MR) is 73.6 cm³/mol. The molecule has 3 heteroatoms. The van der Waals surface area contributed by atoms with E-state index in [2.05, 4.69) is 24.5 Å². The number of rotatable bonds is 4. The van der Waals surface area contributed by atoms with E-state index in [4.69, 9.17) is 9.47 Å². The second-order valence-electron chi connectivity index (χ2n) is 4.95. The third kappa shape index (κ3) is 2.78. The highest BCUT2D eigenvalue weighted by Gasteiger charge is 2.22. The van der Waals surface area contributed by atoms with Crippen LogP contribution < -0.4 is 14.8 Å². The van der Waals surface area contributed by atoms with Crippen LogP contribution >= 0.6 is 0 Å². The molecule has 100 valence electrons. The fraction of sp³-hybridized carbons (Fsp3) is 0.600. The highest BCUT2D eigenvalue weighted by atomic mass is 16.5. The van der Waals surface area contributed by atoms with E-state index in [9.17, 15) is 0 Å². The lowest BCUT2D eigenvalue weighted by molar-refractivity contribution is 0.346. The van der Waals surface area contributed by atoms with E-state index in [0.29, 0.717) is 12.0 Å². The number of benzene rings is 1. The number of hydrogen-bond donors (Lipinski definition) is 1. The highest BCUT2D eigenvalue weighted by Crippen LogP contribution is 2.37. The number of methoxy groups -OCH3 is 2. The molecule has 1 N–H and O–H groups in total. The summed E-state index contributed by atoms with van der Waals surface area (Å²) in [5, 5.41) is 3.37. The molecule has 0 radical (unpaired) electrons. The van der Waals surface area contributed by atoms with Gasteiger partial charge < -0.3 is 14.8 Å². The zero-order valence-corrected chi connectivity index (χ0v) is 11.5. The molecule has 0 spiro atoms. The van der Waals surface area contributed by atoms with E-state index in [0.717, 1.165) is 11.5 Å². The number of nitrogens with one attached hydrogen (secondary N) is 1. The van der Waals surface area contributed by atoms with E-state index in [1.807, 2.05) is 6.07 Å². The van der Waals surface area contributed by atoms with Crippen LogP contribution in [0.15, 0.2) is 18.2 Å². The first-order valence-electron chi connectivity index (χ1n) is 6.67. The van der Waals surface area contributed by atoms with Crippen molar-refractivity contribution in [2.75, 3.05) is 21.3 Å². The van der Waals surface area contributed by atoms with Crippen LogP contribution in [0.25, 0.3) is 0 Å². The van der Waals surface area contributed by atoms with E-state index in [-0.39, 0.29) is 0 Å². The van der Waals surface area contributed by atoms with Crippen molar-refractivity contribution in [3.8, 4) is 11.5 Å². The van der Waals surface area contributed by atoms with Crippen molar-refractivity contribution in [1.29, 1.82) is 0 Å². The Kier molecular flexibility index (Phi) is 4.48. The van der Waals surface area contributed by atoms with Crippen LogP contribution in [0.3, 0.4) is 0 Å². The largest absolute Gasteiger partial charge is 0.493 e. The minimum atomic E-state index is 0.661. The Morgan fingerprint density at radius 2 is 1.67 bits per heavy atom. The van der Waals surface area contributed by atoms with Gasteiger partial charge in [0, 0.05) is 6.04 Å². The van der Waals surface area contributed by atoms with Gasteiger partial charge in [0.1, 0.15) is 0 Å². The summed E-state index contributed by atoms with van der Waals surface area (Å²) in [5.41, 5.74) is 1.38. The van der Waals surface area contributed by atoms with Gasteiger partial charge in [0.25, 0.3) is 0 Å². The van der Waals surface area contributed by atoms with Crippen molar-refractivity contribution < 1.29 is 9.47 Å². The molecule has 0 bridgehead atoms. The molecular formula is C15H23NO2. The molecule has 0 amide bonds. The van der Waals surface area contributed by atoms with Crippen molar-refractivity contribution in [1.82, 2.24) is 5.32 Å². The zero-order valence-electron chi connectivity index (χ0n) is 11.5. The third-order valence-electron chi connectivity index (χ3n) is 4.01. The molecule has 1 aromatic carbocycles. The fourth-order valence-corrected chi connectivity index (χ4v) is 2.82. The van der Waals surface area contributed by atoms with Crippen LogP contribution in [0.4, 0.5) is 0 Å². The standard InChI is InChI=1S/C15H23NO2/c1-16-13-7-4-11(5-8-13)12-6-9-14(17-2)15(10-12)18-3/h6,9-11,13,16H,4-5,7-8H2,1-3H3. The monoisotopic (exact) mass is 249 g/mol. The van der Waals surface area contributed by atoms with Gasteiger partial charge >= 0.3 is 0 Å². The molecule has 0 unspecified atom stereocenters. The quantitative estimate of drug-likeness (QED) is 0.890. The predicted octanol–water partition coefficient (Wildman–Crippen LogP) is 2.95. The summed E-state index contributed by atoms with van der Waals surface area (Å²) >= 11 is 0. The molecule has 3 nitrogen and oxygen atoms in total. The molecular weight excluding hydrogens is 226 g/mol. The van der Waals surface area contributed by atoms with E-state index in [1.165, 1.54) is 31.2 Å². The van der Waals surface area contributed by atoms with Crippen LogP contribution in [0.1, 0.15) is 37.2 Å². The minimum Gasteiger partial charge on any atom is -0.493 e. The molecule has 1 aromatic rings. The molecule has 0 saturated heterocycles. The Labute approximate surface area is 109 Å². The van der Waals surface area contributed by atoms with Crippen LogP contribution in [-0.4, -0.2) is 27.3 Å². The van der Waals surface area contributed by atoms with E-state index < -0.39 is 0 Å². The van der Waals surface area contributed by atoms with Gasteiger partial charge in [0.15, 0.2) is 11.5 Å². The molecule has 2 rings (SSSR count). The molecule has 1 aliphatic rings. The summed E-state index contributed by atoms with van der Waals surface area (Å²) < 4.78 is 10.7. The van der Waals surface area contributed by atoms with Crippen LogP contribution in [-0.2, 0) is 0 Å². The van der Waals surface area contributed by atoms with Gasteiger partial charge in [0.05, 0.1) is 14.2 Å². The van der Waals surface area contributed by atoms with Gasteiger partial charge in [-0.25, -0.2) is 0 Å². The van der Waals surface area contributed by atoms with E-state index in [1.54, 1.807) is 14.2 Å². The Morgan fingerprint density at radius 3 is 2.22 bits per heavy atom. The van der Waals surface area contributed by atoms with Gasteiger partial charge in [0.2, 0.25) is 0 Å². The maximum absolute atomic E-state index is 5.37. The SMILES string of the molecule is CNC1CCC(c2ccc(OC)c(OC)c2)CC1. The van der Waals surface area contributed by atoms with Crippen molar-refractivity contribution in [2.45, 2.75) is 37.6 Å². The summed E-state index contributed by atoms with van der Waals surface area (Å²) in [7, 11) is 5.43. The number of ether oxygens (including phenoxy) is 2. The second kappa shape index (κ2) is 6.10. The Bertz CT molecular complexity index is 384. The molecule has 18 heavy (non-hydrogen) atoms. The summed E-state index contributed by atoms with van der Waals surface area (Å²) in [6.45, 7) is 0. The van der Waals surface area contributed by atoms with Crippen molar-refractivity contribution in [2.24, 2.45) is 0 Å². The third-order valence-corrected chi connectivity index (χ3v) is 4.01. The van der Waals surface area contributed by atoms with Crippen molar-refractivity contribution in [3.63, 3.8) is 0 Å². The van der Waals surface area contributed by atoms with Gasteiger partial charge in [-0.1, -0.05) is 6.07 Å². The maximum atomic E-state index is 5.37. The first kappa shape index (κ1) is 13.2. The summed E-state index contributed by atoms with van der Waals surface area (Å²) in [5.74, 6) is 2.31. The maximum Gasteiger partial charge on any atom is 0.160 e. The van der Waals surface area contributed by atoms with E-state index >= 15 is 0 Å². The Hall–Kier alpha value is -1.22. The van der Waals surface area contributed by atoms with Gasteiger partial charge in [-0.2, -0.15) is 0 Å². The molecule has 0 aliphatic heterocycles. The Morgan fingerprint density at radius 1 is 1.00 bits per heavy atom. The number of hydrogen-bond acceptors (Lipinski definition) is 3. The van der Waals surface area contributed by atoms with Crippen LogP contribution in [0.5, 0.6) is 11.5 Å². The average molecular weight is 249 g/mol. The smallest absolute Gasteiger partial charge is 0.160 e. The fourth-order valence-electron chi connectivity index (χ4n) is 2.82. The lowest BCUT2D eigenvalue weighted by Gasteiger charge is -2.28. The van der Waals surface area contributed by atoms with Crippen molar-refractivity contribution >= 4 is 0 Å². The lowest BCUT2D eigenvalue weighted by Crippen LogP contribution is -2.29. The first-order chi connectivity index (χ1) is 8.78. The second-order valence-corrected chi connectivity index (χ2v) is 4.95. The minimum absolute atomic E-state index is 0.661. The molecule has 0 aromatic heterocycles. The topological polar surface area (TPSA) is 30.5 Å². The molecule has 1 fully saturated rings. The first-order valence-corrected chi connectivity index (χ1v) is 6.67. The molecule has 0 atom stereocenters. The van der Waals surface area contributed by atoms with Gasteiger partial charge in [-0.15, -0.1) is 0 Å². The summed E-state index contributed by atoms with van der Waals surface area (Å²) in [4.78, 5) is 0. The van der Waals surface area contributed by atoms with Crippen molar-refractivity contribution in [3.05, 3.63) is 23.8 Å². The lowest BCUT2D eigenvalue weighted by atomic mass is 9.82. The molecule has 0 heterocycles. The molecule has 1 saturated carbocycles. The average Bonchev–Trinajstić information content (AvgIpc) is 2.46. The van der Waals surface area contributed by atoms with Gasteiger partial charge in [-0.05, 0) is 56.3 Å². The summed E-state index contributed by atoms with van der Waals surface area (Å²) in [6.07, 6.45) is 5.02. The van der Waals surface area contributed by atoms with Gasteiger partial charge in [-0.3, -0.25) is 0 Å². The molecule has 1 aliphatic carbocycles. The Balaban J connectivity index is 2.09. The van der Waals surface area contributed by atoms with Crippen LogP contribution in [0, 0.1) is 0 Å². The summed E-state index contributed by atoms with van der Waals surface area (Å²) in [6, 6.07) is 7.01. The highest BCUT2D eigenvalue weighted by molar-refractivity contribution is 5.44. The normalized spacial score (nSPS) is 23.7. The zero-order chi connectivity index (χ0) is 13.0. The van der Waals surface area contributed by atoms with Crippen LogP contribution in [0.2, 0.25) is 0 Å².